The summed E-state index contributed by atoms with van der Waals surface area (Å²) in [6, 6.07) is 0. The van der Waals surface area contributed by atoms with Gasteiger partial charge in [-0.25, -0.2) is 4.98 Å². The van der Waals surface area contributed by atoms with E-state index in [1.54, 1.807) is 12.4 Å². The van der Waals surface area contributed by atoms with E-state index in [9.17, 15) is 0 Å². The molecule has 0 bridgehead atoms. The highest BCUT2D eigenvalue weighted by atomic mass is 35.5. The Balaban J connectivity index is 2.25. The van der Waals surface area contributed by atoms with Crippen LogP contribution < -0.4 is 5.49 Å². The van der Waals surface area contributed by atoms with Crippen LogP contribution in [-0.4, -0.2) is 15.4 Å². The highest BCUT2D eigenvalue weighted by molar-refractivity contribution is 6.29. The number of hydrogen-bond acceptors (Lipinski definition) is 3. The first-order valence-corrected chi connectivity index (χ1v) is 6.34. The molecular formula is C12H17ClN4. The van der Waals surface area contributed by atoms with E-state index in [2.05, 4.69) is 11.9 Å². The van der Waals surface area contributed by atoms with Crippen molar-refractivity contribution in [2.45, 2.75) is 32.6 Å². The summed E-state index contributed by atoms with van der Waals surface area (Å²) in [4.78, 5) is 3.84. The van der Waals surface area contributed by atoms with Crippen LogP contribution in [0.3, 0.4) is 0 Å². The van der Waals surface area contributed by atoms with Crippen molar-refractivity contribution in [2.24, 2.45) is 11.8 Å². The number of nitrogens with zero attached hydrogens (tertiary/aromatic N) is 2. The van der Waals surface area contributed by atoms with Gasteiger partial charge < -0.3 is 0 Å². The van der Waals surface area contributed by atoms with Crippen molar-refractivity contribution < 1.29 is 0 Å². The van der Waals surface area contributed by atoms with Crippen LogP contribution in [0.15, 0.2) is 12.4 Å². The van der Waals surface area contributed by atoms with E-state index in [1.165, 1.54) is 17.4 Å². The fraction of sp³-hybridized carbons (Fsp3) is 0.583. The molecule has 17 heavy (non-hydrogen) atoms. The molecule has 0 amide bonds. The van der Waals surface area contributed by atoms with Gasteiger partial charge in [0.15, 0.2) is 10.6 Å². The molecule has 0 aliphatic heterocycles. The standard InChI is InChI=1S/C12H17ClN4/c1-8-3-2-4-9(7-8)11(14)17-6-5-16-10(13)12(17)15/h5-6,8-9,14-15H,2-4,7H2,1H3. The van der Waals surface area contributed by atoms with Crippen molar-refractivity contribution in [3.05, 3.63) is 23.0 Å². The molecule has 2 N–H and O–H groups in total. The van der Waals surface area contributed by atoms with Crippen LogP contribution in [0.1, 0.15) is 32.6 Å². The van der Waals surface area contributed by atoms with Crippen LogP contribution in [0.5, 0.6) is 0 Å². The molecule has 1 aromatic heterocycles. The quantitative estimate of drug-likeness (QED) is 0.586. The number of hydrogen-bond donors (Lipinski definition) is 2. The Kier molecular flexibility index (Phi) is 3.62. The lowest BCUT2D eigenvalue weighted by Crippen LogP contribution is -2.34. The van der Waals surface area contributed by atoms with Gasteiger partial charge in [-0.1, -0.05) is 31.4 Å². The monoisotopic (exact) mass is 252 g/mol. The second kappa shape index (κ2) is 5.00. The van der Waals surface area contributed by atoms with E-state index in [0.29, 0.717) is 11.8 Å². The van der Waals surface area contributed by atoms with Gasteiger partial charge in [0.25, 0.3) is 0 Å². The number of nitrogens with one attached hydrogen (secondary N) is 2. The van der Waals surface area contributed by atoms with Crippen molar-refractivity contribution in [1.29, 1.82) is 10.8 Å². The molecule has 1 heterocycles. The summed E-state index contributed by atoms with van der Waals surface area (Å²) < 4.78 is 1.54. The van der Waals surface area contributed by atoms with Gasteiger partial charge in [-0.3, -0.25) is 15.4 Å². The molecule has 4 nitrogen and oxygen atoms in total. The Morgan fingerprint density at radius 1 is 1.53 bits per heavy atom. The summed E-state index contributed by atoms with van der Waals surface area (Å²) >= 11 is 5.81. The zero-order valence-electron chi connectivity index (χ0n) is 9.91. The lowest BCUT2D eigenvalue weighted by atomic mass is 9.82. The van der Waals surface area contributed by atoms with Gasteiger partial charge in [-0.05, 0) is 18.8 Å². The third-order valence-electron chi connectivity index (χ3n) is 3.42. The van der Waals surface area contributed by atoms with Crippen molar-refractivity contribution in [3.8, 4) is 0 Å². The molecule has 92 valence electrons. The first kappa shape index (κ1) is 12.3. The van der Waals surface area contributed by atoms with Gasteiger partial charge in [0, 0.05) is 18.3 Å². The summed E-state index contributed by atoms with van der Waals surface area (Å²) in [5.41, 5.74) is 0.109. The van der Waals surface area contributed by atoms with E-state index < -0.39 is 0 Å². The largest absolute Gasteiger partial charge is 0.288 e. The van der Waals surface area contributed by atoms with E-state index in [4.69, 9.17) is 22.4 Å². The Morgan fingerprint density at radius 3 is 3.00 bits per heavy atom. The maximum atomic E-state index is 8.21. The number of rotatable bonds is 1. The highest BCUT2D eigenvalue weighted by Crippen LogP contribution is 2.29. The predicted octanol–water partition coefficient (Wildman–Crippen LogP) is 2.67. The number of halogens is 1. The van der Waals surface area contributed by atoms with Gasteiger partial charge in [-0.15, -0.1) is 0 Å². The molecule has 1 fully saturated rings. The third kappa shape index (κ3) is 2.57. The third-order valence-corrected chi connectivity index (χ3v) is 3.70. The molecular weight excluding hydrogens is 236 g/mol. The lowest BCUT2D eigenvalue weighted by molar-refractivity contribution is 0.334. The van der Waals surface area contributed by atoms with E-state index >= 15 is 0 Å². The molecule has 0 spiro atoms. The van der Waals surface area contributed by atoms with Crippen LogP contribution in [0.4, 0.5) is 0 Å². The van der Waals surface area contributed by atoms with Crippen molar-refractivity contribution in [3.63, 3.8) is 0 Å². The second-order valence-corrected chi connectivity index (χ2v) is 5.15. The zero-order valence-corrected chi connectivity index (χ0v) is 10.7. The fourth-order valence-corrected chi connectivity index (χ4v) is 2.63. The van der Waals surface area contributed by atoms with Gasteiger partial charge in [0.2, 0.25) is 0 Å². The molecule has 0 saturated heterocycles. The van der Waals surface area contributed by atoms with Crippen LogP contribution in [0.2, 0.25) is 5.15 Å². The molecule has 0 aromatic carbocycles. The average molecular weight is 253 g/mol. The van der Waals surface area contributed by atoms with Gasteiger partial charge in [-0.2, -0.15) is 0 Å². The van der Waals surface area contributed by atoms with Crippen molar-refractivity contribution in [1.82, 2.24) is 9.55 Å². The number of aromatic nitrogens is 2. The Morgan fingerprint density at radius 2 is 2.29 bits per heavy atom. The molecule has 2 rings (SSSR count). The smallest absolute Gasteiger partial charge is 0.171 e. The summed E-state index contributed by atoms with van der Waals surface area (Å²) in [7, 11) is 0. The van der Waals surface area contributed by atoms with Crippen LogP contribution in [0.25, 0.3) is 0 Å². The Labute approximate surface area is 106 Å². The Hall–Kier alpha value is -1.16. The van der Waals surface area contributed by atoms with Crippen molar-refractivity contribution >= 4 is 17.4 Å². The first-order valence-electron chi connectivity index (χ1n) is 5.96. The summed E-state index contributed by atoms with van der Waals surface area (Å²) in [5, 5.41) is 16.2. The predicted molar refractivity (Wildman–Crippen MR) is 67.3 cm³/mol. The summed E-state index contributed by atoms with van der Waals surface area (Å²) in [6.07, 6.45) is 7.68. The fourth-order valence-electron chi connectivity index (χ4n) is 2.48. The zero-order chi connectivity index (χ0) is 12.4. The van der Waals surface area contributed by atoms with Crippen LogP contribution in [0, 0.1) is 22.7 Å². The van der Waals surface area contributed by atoms with Gasteiger partial charge in [0.05, 0.1) is 0 Å². The lowest BCUT2D eigenvalue weighted by Gasteiger charge is -2.27. The molecule has 2 unspecified atom stereocenters. The minimum atomic E-state index is 0.109. The Bertz CT molecular complexity index is 480. The van der Waals surface area contributed by atoms with E-state index in [1.807, 2.05) is 0 Å². The minimum absolute atomic E-state index is 0.109. The molecule has 1 aromatic rings. The second-order valence-electron chi connectivity index (χ2n) is 4.79. The van der Waals surface area contributed by atoms with E-state index in [0.717, 1.165) is 12.8 Å². The molecule has 1 saturated carbocycles. The topological polar surface area (TPSA) is 65.5 Å². The van der Waals surface area contributed by atoms with Crippen LogP contribution >= 0.6 is 11.6 Å². The molecule has 1 aliphatic rings. The maximum Gasteiger partial charge on any atom is 0.171 e. The summed E-state index contributed by atoms with van der Waals surface area (Å²) in [6.45, 7) is 2.23. The molecule has 0 radical (unpaired) electrons. The summed E-state index contributed by atoms with van der Waals surface area (Å²) in [5.74, 6) is 1.39. The van der Waals surface area contributed by atoms with Crippen LogP contribution in [-0.2, 0) is 0 Å². The van der Waals surface area contributed by atoms with Crippen molar-refractivity contribution in [2.75, 3.05) is 0 Å². The van der Waals surface area contributed by atoms with Gasteiger partial charge >= 0.3 is 0 Å². The van der Waals surface area contributed by atoms with Gasteiger partial charge in [0.1, 0.15) is 5.84 Å². The minimum Gasteiger partial charge on any atom is -0.288 e. The normalized spacial score (nSPS) is 24.6. The molecule has 5 heteroatoms. The average Bonchev–Trinajstić information content (AvgIpc) is 2.32. The molecule has 2 atom stereocenters. The highest BCUT2D eigenvalue weighted by Gasteiger charge is 2.23. The maximum absolute atomic E-state index is 8.21. The first-order chi connectivity index (χ1) is 8.09. The van der Waals surface area contributed by atoms with E-state index in [-0.39, 0.29) is 16.6 Å². The molecule has 1 aliphatic carbocycles. The SMILES string of the molecule is CC1CCCC(C(=N)n2ccnc(Cl)c2=N)C1.